The number of thiophene rings is 1. The van der Waals surface area contributed by atoms with E-state index in [2.05, 4.69) is 22.3 Å². The molecule has 2 aromatic carbocycles. The molecule has 1 N–H and O–H groups in total. The number of carbonyl (C=O) groups excluding carboxylic acids is 2. The van der Waals surface area contributed by atoms with Gasteiger partial charge in [0.25, 0.3) is 0 Å². The number of amides is 1. The van der Waals surface area contributed by atoms with E-state index in [1.54, 1.807) is 7.11 Å². The Balaban J connectivity index is 1.50. The Bertz CT molecular complexity index is 1090. The summed E-state index contributed by atoms with van der Waals surface area (Å²) >= 11 is 1.32. The van der Waals surface area contributed by atoms with Crippen LogP contribution >= 0.6 is 11.3 Å². The van der Waals surface area contributed by atoms with Gasteiger partial charge < -0.3 is 14.8 Å². The molecule has 0 fully saturated rings. The van der Waals surface area contributed by atoms with E-state index in [4.69, 9.17) is 9.47 Å². The number of hydrogen-bond acceptors (Lipinski definition) is 6. The van der Waals surface area contributed by atoms with Crippen molar-refractivity contribution in [2.24, 2.45) is 0 Å². The minimum Gasteiger partial charge on any atom is -0.497 e. The van der Waals surface area contributed by atoms with Gasteiger partial charge in [-0.15, -0.1) is 11.3 Å². The maximum Gasteiger partial charge on any atom is 0.341 e. The van der Waals surface area contributed by atoms with Crippen LogP contribution in [0.3, 0.4) is 0 Å². The van der Waals surface area contributed by atoms with Crippen LogP contribution in [0.25, 0.3) is 11.1 Å². The minimum atomic E-state index is -0.478. The molecule has 0 aliphatic carbocycles. The van der Waals surface area contributed by atoms with Crippen LogP contribution in [-0.2, 0) is 22.5 Å². The lowest BCUT2D eigenvalue weighted by molar-refractivity contribution is -0.117. The van der Waals surface area contributed by atoms with Gasteiger partial charge in [-0.25, -0.2) is 4.79 Å². The van der Waals surface area contributed by atoms with E-state index in [1.807, 2.05) is 41.8 Å². The second-order valence-corrected chi connectivity index (χ2v) is 8.23. The normalized spacial score (nSPS) is 13.4. The summed E-state index contributed by atoms with van der Waals surface area (Å²) in [6, 6.07) is 15.7. The molecular formula is C24H24N2O4S. The predicted molar refractivity (Wildman–Crippen MR) is 122 cm³/mol. The van der Waals surface area contributed by atoms with E-state index >= 15 is 0 Å². The third-order valence-electron chi connectivity index (χ3n) is 5.41. The maximum absolute atomic E-state index is 12.8. The topological polar surface area (TPSA) is 67.9 Å². The average molecular weight is 437 g/mol. The number of methoxy groups -OCH3 is 2. The van der Waals surface area contributed by atoms with Crippen molar-refractivity contribution in [1.29, 1.82) is 0 Å². The maximum atomic E-state index is 12.8. The second-order valence-electron chi connectivity index (χ2n) is 7.35. The van der Waals surface area contributed by atoms with Crippen LogP contribution in [0.1, 0.15) is 21.5 Å². The molecule has 0 unspecified atom stereocenters. The number of benzene rings is 2. The lowest BCUT2D eigenvalue weighted by atomic mass is 10.00. The summed E-state index contributed by atoms with van der Waals surface area (Å²) in [4.78, 5) is 27.4. The highest BCUT2D eigenvalue weighted by Crippen LogP contribution is 2.36. The Morgan fingerprint density at radius 1 is 1.06 bits per heavy atom. The van der Waals surface area contributed by atoms with Gasteiger partial charge in [0.05, 0.1) is 20.8 Å². The zero-order valence-electron chi connectivity index (χ0n) is 17.5. The van der Waals surface area contributed by atoms with Gasteiger partial charge in [-0.1, -0.05) is 36.4 Å². The fourth-order valence-corrected chi connectivity index (χ4v) is 4.77. The highest BCUT2D eigenvalue weighted by Gasteiger charge is 2.24. The van der Waals surface area contributed by atoms with Gasteiger partial charge in [0.15, 0.2) is 0 Å². The first-order valence-electron chi connectivity index (χ1n) is 10.0. The van der Waals surface area contributed by atoms with Crippen molar-refractivity contribution >= 4 is 28.2 Å². The molecule has 1 aromatic heterocycles. The molecular weight excluding hydrogens is 412 g/mol. The van der Waals surface area contributed by atoms with Crippen LogP contribution in [0.2, 0.25) is 0 Å². The summed E-state index contributed by atoms with van der Waals surface area (Å²) in [5, 5.41) is 5.28. The van der Waals surface area contributed by atoms with Gasteiger partial charge in [0, 0.05) is 24.0 Å². The van der Waals surface area contributed by atoms with Crippen molar-refractivity contribution in [1.82, 2.24) is 4.90 Å². The number of anilines is 1. The monoisotopic (exact) mass is 436 g/mol. The number of carbonyl (C=O) groups is 2. The van der Waals surface area contributed by atoms with Crippen LogP contribution < -0.4 is 10.1 Å². The molecule has 6 nitrogen and oxygen atoms in total. The molecule has 1 aliphatic heterocycles. The first-order chi connectivity index (χ1) is 15.1. The summed E-state index contributed by atoms with van der Waals surface area (Å²) in [7, 11) is 2.95. The lowest BCUT2D eigenvalue weighted by Gasteiger charge is -2.28. The van der Waals surface area contributed by atoms with Crippen molar-refractivity contribution < 1.29 is 19.1 Å². The van der Waals surface area contributed by atoms with Crippen molar-refractivity contribution in [2.45, 2.75) is 13.0 Å². The number of nitrogens with one attached hydrogen (secondary N) is 1. The number of esters is 1. The Hall–Kier alpha value is -3.16. The largest absolute Gasteiger partial charge is 0.497 e. The molecule has 0 saturated carbocycles. The molecule has 1 aliphatic rings. The van der Waals surface area contributed by atoms with Gasteiger partial charge >= 0.3 is 5.97 Å². The fourth-order valence-electron chi connectivity index (χ4n) is 3.80. The summed E-state index contributed by atoms with van der Waals surface area (Å²) in [5.41, 5.74) is 4.55. The van der Waals surface area contributed by atoms with Gasteiger partial charge in [0.1, 0.15) is 16.3 Å². The molecule has 0 bridgehead atoms. The van der Waals surface area contributed by atoms with E-state index in [-0.39, 0.29) is 12.5 Å². The summed E-state index contributed by atoms with van der Waals surface area (Å²) in [6.45, 7) is 1.84. The number of nitrogens with zero attached hydrogens (tertiary/aromatic N) is 1. The van der Waals surface area contributed by atoms with Crippen molar-refractivity contribution in [3.05, 3.63) is 70.6 Å². The molecule has 7 heteroatoms. The van der Waals surface area contributed by atoms with Crippen LogP contribution in [0.4, 0.5) is 5.00 Å². The van der Waals surface area contributed by atoms with Gasteiger partial charge in [-0.05, 0) is 35.2 Å². The van der Waals surface area contributed by atoms with E-state index in [0.717, 1.165) is 36.4 Å². The highest BCUT2D eigenvalue weighted by atomic mass is 32.1. The number of rotatable bonds is 6. The molecule has 160 valence electrons. The molecule has 0 saturated heterocycles. The van der Waals surface area contributed by atoms with E-state index in [0.29, 0.717) is 10.6 Å². The van der Waals surface area contributed by atoms with Crippen LogP contribution in [0.5, 0.6) is 5.75 Å². The molecule has 31 heavy (non-hydrogen) atoms. The van der Waals surface area contributed by atoms with Crippen LogP contribution in [0, 0.1) is 0 Å². The third kappa shape index (κ3) is 4.62. The zero-order valence-corrected chi connectivity index (χ0v) is 18.3. The molecule has 3 aromatic rings. The second kappa shape index (κ2) is 9.32. The number of hydrogen-bond donors (Lipinski definition) is 1. The first-order valence-corrected chi connectivity index (χ1v) is 10.9. The molecule has 4 rings (SSSR count). The van der Waals surface area contributed by atoms with Gasteiger partial charge in [0.2, 0.25) is 5.91 Å². The van der Waals surface area contributed by atoms with Crippen LogP contribution in [0.15, 0.2) is 53.9 Å². The summed E-state index contributed by atoms with van der Waals surface area (Å²) in [5.74, 6) is 0.108. The highest BCUT2D eigenvalue weighted by molar-refractivity contribution is 7.15. The summed E-state index contributed by atoms with van der Waals surface area (Å²) < 4.78 is 10.2. The van der Waals surface area contributed by atoms with E-state index in [1.165, 1.54) is 29.6 Å². The molecule has 0 radical (unpaired) electrons. The quantitative estimate of drug-likeness (QED) is 0.587. The van der Waals surface area contributed by atoms with E-state index in [9.17, 15) is 9.59 Å². The van der Waals surface area contributed by atoms with E-state index < -0.39 is 5.97 Å². The number of ether oxygens (including phenoxy) is 2. The Morgan fingerprint density at radius 2 is 1.81 bits per heavy atom. The zero-order chi connectivity index (χ0) is 21.8. The first kappa shape index (κ1) is 21.1. The summed E-state index contributed by atoms with van der Waals surface area (Å²) in [6.07, 6.45) is 0.928. The number of fused-ring (bicyclic) bond motifs is 1. The minimum absolute atomic E-state index is 0.146. The van der Waals surface area contributed by atoms with Crippen LogP contribution in [-0.4, -0.2) is 44.1 Å². The standard InChI is InChI=1S/C24H24N2O4S/c1-29-19-9-7-17(8-10-19)20-15-31-23(22(20)24(28)30-2)25-21(27)14-26-12-11-16-5-3-4-6-18(16)13-26/h3-10,15H,11-14H2,1-2H3,(H,25,27). The molecule has 1 amide bonds. The Labute approximate surface area is 185 Å². The lowest BCUT2D eigenvalue weighted by Crippen LogP contribution is -2.37. The molecule has 2 heterocycles. The third-order valence-corrected chi connectivity index (χ3v) is 6.31. The Morgan fingerprint density at radius 3 is 2.52 bits per heavy atom. The molecule has 0 spiro atoms. The van der Waals surface area contributed by atoms with Gasteiger partial charge in [-0.2, -0.15) is 0 Å². The SMILES string of the molecule is COC(=O)c1c(-c2ccc(OC)cc2)csc1NC(=O)CN1CCc2ccccc2C1. The molecule has 0 atom stereocenters. The predicted octanol–water partition coefficient (Wildman–Crippen LogP) is 4.21. The fraction of sp³-hybridized carbons (Fsp3) is 0.250. The van der Waals surface area contributed by atoms with Crippen molar-refractivity contribution in [3.8, 4) is 16.9 Å². The smallest absolute Gasteiger partial charge is 0.341 e. The van der Waals surface area contributed by atoms with Crippen molar-refractivity contribution in [3.63, 3.8) is 0 Å². The average Bonchev–Trinajstić information content (AvgIpc) is 3.21. The van der Waals surface area contributed by atoms with Crippen molar-refractivity contribution in [2.75, 3.05) is 32.6 Å². The van der Waals surface area contributed by atoms with Gasteiger partial charge in [-0.3, -0.25) is 9.69 Å². The Kier molecular flexibility index (Phi) is 6.34.